The molecule has 5 nitrogen and oxygen atoms in total. The lowest BCUT2D eigenvalue weighted by molar-refractivity contribution is -0.143. The van der Waals surface area contributed by atoms with E-state index in [9.17, 15) is 40.3 Å². The normalized spacial score (nSPS) is 12.8. The van der Waals surface area contributed by atoms with E-state index in [4.69, 9.17) is 4.74 Å². The van der Waals surface area contributed by atoms with Crippen molar-refractivity contribution >= 4 is 11.8 Å². The predicted octanol–water partition coefficient (Wildman–Crippen LogP) is 4.09. The second-order valence-corrected chi connectivity index (χ2v) is 5.95. The fraction of sp³-hybridized carbons (Fsp3) is 0.222. The van der Waals surface area contributed by atoms with E-state index < -0.39 is 52.8 Å². The lowest BCUT2D eigenvalue weighted by Crippen LogP contribution is -2.47. The summed E-state index contributed by atoms with van der Waals surface area (Å²) in [6, 6.07) is 4.87. The Kier molecular flexibility index (Phi) is 6.58. The third-order valence-corrected chi connectivity index (χ3v) is 3.64. The molecule has 2 aromatic rings. The van der Waals surface area contributed by atoms with Crippen molar-refractivity contribution in [2.24, 2.45) is 0 Å². The molecule has 0 saturated heterocycles. The van der Waals surface area contributed by atoms with Crippen LogP contribution in [0.4, 0.5) is 30.7 Å². The number of carbonyl (C=O) groups excluding carboxylic acids is 2. The van der Waals surface area contributed by atoms with Gasteiger partial charge in [-0.1, -0.05) is 0 Å². The van der Waals surface area contributed by atoms with Crippen LogP contribution < -0.4 is 15.6 Å². The van der Waals surface area contributed by atoms with Crippen LogP contribution in [0, 0.1) is 5.82 Å². The van der Waals surface area contributed by atoms with E-state index in [1.807, 2.05) is 5.43 Å². The van der Waals surface area contributed by atoms with Gasteiger partial charge in [0.2, 0.25) is 0 Å². The molecule has 2 amide bonds. The first kappa shape index (κ1) is 23.0. The zero-order valence-corrected chi connectivity index (χ0v) is 15.0. The minimum absolute atomic E-state index is 0.109. The smallest absolute Gasteiger partial charge is 0.416 e. The number of benzene rings is 2. The van der Waals surface area contributed by atoms with Gasteiger partial charge in [0.15, 0.2) is 6.10 Å². The van der Waals surface area contributed by atoms with Crippen LogP contribution in [0.1, 0.15) is 28.4 Å². The van der Waals surface area contributed by atoms with Crippen molar-refractivity contribution in [3.8, 4) is 5.75 Å². The van der Waals surface area contributed by atoms with E-state index in [0.29, 0.717) is 0 Å². The van der Waals surface area contributed by atoms with Gasteiger partial charge in [-0.25, -0.2) is 4.39 Å². The highest BCUT2D eigenvalue weighted by molar-refractivity contribution is 5.96. The van der Waals surface area contributed by atoms with Gasteiger partial charge in [-0.15, -0.1) is 0 Å². The number of halogens is 7. The van der Waals surface area contributed by atoms with Gasteiger partial charge < -0.3 is 4.74 Å². The molecule has 0 heterocycles. The summed E-state index contributed by atoms with van der Waals surface area (Å²) in [5, 5.41) is 0. The molecule has 0 aliphatic carbocycles. The summed E-state index contributed by atoms with van der Waals surface area (Å²) in [5.74, 6) is -2.81. The summed E-state index contributed by atoms with van der Waals surface area (Å²) in [4.78, 5) is 23.9. The van der Waals surface area contributed by atoms with Gasteiger partial charge in [0.1, 0.15) is 11.6 Å². The summed E-state index contributed by atoms with van der Waals surface area (Å²) < 4.78 is 95.1. The molecule has 162 valence electrons. The van der Waals surface area contributed by atoms with Crippen LogP contribution in [0.25, 0.3) is 0 Å². The van der Waals surface area contributed by atoms with Crippen LogP contribution in [0.2, 0.25) is 0 Å². The number of amides is 2. The summed E-state index contributed by atoms with van der Waals surface area (Å²) in [7, 11) is 0. The largest absolute Gasteiger partial charge is 0.481 e. The second kappa shape index (κ2) is 8.59. The Morgan fingerprint density at radius 3 is 1.83 bits per heavy atom. The first-order valence-electron chi connectivity index (χ1n) is 8.09. The predicted molar refractivity (Wildman–Crippen MR) is 88.5 cm³/mol. The van der Waals surface area contributed by atoms with Crippen molar-refractivity contribution in [3.05, 3.63) is 65.0 Å². The first-order chi connectivity index (χ1) is 13.8. The molecule has 1 unspecified atom stereocenters. The number of ether oxygens (including phenoxy) is 1. The number of rotatable bonds is 4. The third kappa shape index (κ3) is 6.09. The molecular weight excluding hydrogens is 425 g/mol. The van der Waals surface area contributed by atoms with Crippen molar-refractivity contribution in [2.75, 3.05) is 0 Å². The quantitative estimate of drug-likeness (QED) is 0.558. The molecule has 2 N–H and O–H groups in total. The van der Waals surface area contributed by atoms with Crippen molar-refractivity contribution in [1.82, 2.24) is 10.9 Å². The maximum Gasteiger partial charge on any atom is 0.416 e. The zero-order chi connectivity index (χ0) is 22.7. The molecule has 0 spiro atoms. The minimum Gasteiger partial charge on any atom is -0.481 e. The van der Waals surface area contributed by atoms with Gasteiger partial charge in [-0.05, 0) is 49.4 Å². The van der Waals surface area contributed by atoms with Gasteiger partial charge in [-0.2, -0.15) is 26.3 Å². The fourth-order valence-electron chi connectivity index (χ4n) is 2.15. The average molecular weight is 438 g/mol. The SMILES string of the molecule is CC(Oc1ccc(F)cc1)C(=O)NNC(=O)c1cc(C(F)(F)F)cc(C(F)(F)F)c1. The maximum absolute atomic E-state index is 12.8. The van der Waals surface area contributed by atoms with Gasteiger partial charge in [0, 0.05) is 5.56 Å². The highest BCUT2D eigenvalue weighted by Crippen LogP contribution is 2.36. The van der Waals surface area contributed by atoms with Crippen LogP contribution in [-0.4, -0.2) is 17.9 Å². The molecule has 2 rings (SSSR count). The Morgan fingerprint density at radius 1 is 0.867 bits per heavy atom. The number of hydrogen-bond acceptors (Lipinski definition) is 3. The number of hydrazine groups is 1. The van der Waals surface area contributed by atoms with Crippen molar-refractivity contribution in [3.63, 3.8) is 0 Å². The highest BCUT2D eigenvalue weighted by Gasteiger charge is 2.37. The van der Waals surface area contributed by atoms with Crippen LogP contribution in [0.3, 0.4) is 0 Å². The minimum atomic E-state index is -5.13. The molecule has 0 fully saturated rings. The van der Waals surface area contributed by atoms with Crippen molar-refractivity contribution in [1.29, 1.82) is 0 Å². The lowest BCUT2D eigenvalue weighted by atomic mass is 10.0. The first-order valence-corrected chi connectivity index (χ1v) is 8.09. The molecule has 12 heteroatoms. The molecule has 30 heavy (non-hydrogen) atoms. The van der Waals surface area contributed by atoms with Gasteiger partial charge in [-0.3, -0.25) is 20.4 Å². The van der Waals surface area contributed by atoms with Gasteiger partial charge in [0.05, 0.1) is 11.1 Å². The topological polar surface area (TPSA) is 67.4 Å². The maximum atomic E-state index is 12.8. The fourth-order valence-corrected chi connectivity index (χ4v) is 2.15. The zero-order valence-electron chi connectivity index (χ0n) is 15.0. The lowest BCUT2D eigenvalue weighted by Gasteiger charge is -2.16. The Labute approximate surface area is 164 Å². The van der Waals surface area contributed by atoms with E-state index in [-0.39, 0.29) is 23.9 Å². The molecule has 0 aliphatic heterocycles. The molecule has 0 radical (unpaired) electrons. The monoisotopic (exact) mass is 438 g/mol. The standard InChI is InChI=1S/C18H13F7N2O3/c1-9(30-14-4-2-13(19)3-5-14)15(28)26-27-16(29)10-6-11(17(20,21)22)8-12(7-10)18(23,24)25/h2-9H,1H3,(H,26,28)(H,27,29). The molecule has 0 saturated carbocycles. The number of nitrogens with one attached hydrogen (secondary N) is 2. The van der Waals surface area contributed by atoms with Gasteiger partial charge in [0.25, 0.3) is 11.8 Å². The molecular formula is C18H13F7N2O3. The number of hydrogen-bond donors (Lipinski definition) is 2. The molecule has 1 atom stereocenters. The Balaban J connectivity index is 2.09. The summed E-state index contributed by atoms with van der Waals surface area (Å²) in [6.45, 7) is 1.25. The second-order valence-electron chi connectivity index (χ2n) is 5.95. The van der Waals surface area contributed by atoms with E-state index in [1.165, 1.54) is 19.1 Å². The van der Waals surface area contributed by atoms with E-state index in [2.05, 4.69) is 0 Å². The Hall–Kier alpha value is -3.31. The molecule has 0 aromatic heterocycles. The molecule has 0 bridgehead atoms. The molecule has 2 aromatic carbocycles. The van der Waals surface area contributed by atoms with Gasteiger partial charge >= 0.3 is 12.4 Å². The van der Waals surface area contributed by atoms with Crippen LogP contribution >= 0.6 is 0 Å². The van der Waals surface area contributed by atoms with Crippen LogP contribution in [0.15, 0.2) is 42.5 Å². The average Bonchev–Trinajstić information content (AvgIpc) is 2.65. The number of alkyl halides is 6. The highest BCUT2D eigenvalue weighted by atomic mass is 19.4. The van der Waals surface area contributed by atoms with E-state index >= 15 is 0 Å². The molecule has 0 aliphatic rings. The summed E-state index contributed by atoms with van der Waals surface area (Å²) in [5.41, 5.74) is -0.778. The third-order valence-electron chi connectivity index (χ3n) is 3.64. The van der Waals surface area contributed by atoms with Crippen molar-refractivity contribution < 1.29 is 45.1 Å². The number of carbonyl (C=O) groups is 2. The van der Waals surface area contributed by atoms with E-state index in [1.54, 1.807) is 5.43 Å². The Bertz CT molecular complexity index is 893. The van der Waals surface area contributed by atoms with Crippen molar-refractivity contribution in [2.45, 2.75) is 25.4 Å². The summed E-state index contributed by atoms with van der Waals surface area (Å²) in [6.07, 6.45) is -11.5. The summed E-state index contributed by atoms with van der Waals surface area (Å²) >= 11 is 0. The Morgan fingerprint density at radius 2 is 1.37 bits per heavy atom. The van der Waals surface area contributed by atoms with Crippen LogP contribution in [-0.2, 0) is 17.1 Å². The van der Waals surface area contributed by atoms with Crippen LogP contribution in [0.5, 0.6) is 5.75 Å². The van der Waals surface area contributed by atoms with E-state index in [0.717, 1.165) is 12.1 Å².